The maximum atomic E-state index is 11.2. The number of carbonyl (C=O) groups excluding carboxylic acids is 1. The summed E-state index contributed by atoms with van der Waals surface area (Å²) in [5.41, 5.74) is 0. The third-order valence-electron chi connectivity index (χ3n) is 2.03. The fraction of sp³-hybridized carbons (Fsp3) is 0.875. The molecular formula is C8H15NO2. The van der Waals surface area contributed by atoms with E-state index in [0.29, 0.717) is 12.2 Å². The Kier molecular flexibility index (Phi) is 3.52. The Morgan fingerprint density at radius 3 is 3.09 bits per heavy atom. The van der Waals surface area contributed by atoms with E-state index in [0.717, 1.165) is 25.8 Å². The highest BCUT2D eigenvalue weighted by atomic mass is 16.3. The number of ketones is 1. The number of hydrogen-bond acceptors (Lipinski definition) is 3. The van der Waals surface area contributed by atoms with Crippen molar-refractivity contribution in [3.8, 4) is 0 Å². The van der Waals surface area contributed by atoms with Gasteiger partial charge in [-0.05, 0) is 25.8 Å². The largest absolute Gasteiger partial charge is 0.396 e. The molecule has 64 valence electrons. The van der Waals surface area contributed by atoms with Crippen LogP contribution in [-0.4, -0.2) is 30.1 Å². The molecule has 1 rings (SSSR count). The zero-order valence-electron chi connectivity index (χ0n) is 6.68. The summed E-state index contributed by atoms with van der Waals surface area (Å²) < 4.78 is 0. The third-order valence-corrected chi connectivity index (χ3v) is 2.03. The van der Waals surface area contributed by atoms with Crippen molar-refractivity contribution >= 4 is 5.78 Å². The van der Waals surface area contributed by atoms with Gasteiger partial charge >= 0.3 is 0 Å². The van der Waals surface area contributed by atoms with Crippen LogP contribution in [0.1, 0.15) is 25.7 Å². The molecule has 0 amide bonds. The van der Waals surface area contributed by atoms with Gasteiger partial charge in [0.1, 0.15) is 5.78 Å². The zero-order valence-corrected chi connectivity index (χ0v) is 6.68. The van der Waals surface area contributed by atoms with Crippen LogP contribution >= 0.6 is 0 Å². The van der Waals surface area contributed by atoms with E-state index in [1.807, 2.05) is 0 Å². The van der Waals surface area contributed by atoms with Gasteiger partial charge in [0.05, 0.1) is 6.04 Å². The Hall–Kier alpha value is -0.410. The summed E-state index contributed by atoms with van der Waals surface area (Å²) in [5, 5.41) is 11.7. The van der Waals surface area contributed by atoms with Gasteiger partial charge in [0.2, 0.25) is 0 Å². The fourth-order valence-electron chi connectivity index (χ4n) is 1.39. The number of hydrogen-bond donors (Lipinski definition) is 2. The minimum absolute atomic E-state index is 0.0240. The van der Waals surface area contributed by atoms with Crippen molar-refractivity contribution in [3.05, 3.63) is 0 Å². The molecule has 3 heteroatoms. The summed E-state index contributed by atoms with van der Waals surface area (Å²) in [4.78, 5) is 11.2. The Labute approximate surface area is 66.8 Å². The van der Waals surface area contributed by atoms with Gasteiger partial charge in [-0.3, -0.25) is 4.79 Å². The molecule has 1 saturated heterocycles. The van der Waals surface area contributed by atoms with Crippen LogP contribution in [0.25, 0.3) is 0 Å². The highest BCUT2D eigenvalue weighted by Crippen LogP contribution is 2.07. The molecule has 1 atom stereocenters. The molecule has 1 unspecified atom stereocenters. The molecule has 0 saturated carbocycles. The van der Waals surface area contributed by atoms with E-state index < -0.39 is 0 Å². The van der Waals surface area contributed by atoms with Crippen molar-refractivity contribution in [1.82, 2.24) is 5.32 Å². The molecule has 0 aromatic carbocycles. The van der Waals surface area contributed by atoms with Gasteiger partial charge in [0.15, 0.2) is 0 Å². The van der Waals surface area contributed by atoms with E-state index in [9.17, 15) is 4.79 Å². The second-order valence-corrected chi connectivity index (χ2v) is 2.94. The summed E-state index contributed by atoms with van der Waals surface area (Å²) in [6.45, 7) is 1.13. The number of piperidine rings is 1. The topological polar surface area (TPSA) is 49.3 Å². The molecule has 0 spiro atoms. The Bertz CT molecular complexity index is 136. The molecule has 0 aliphatic carbocycles. The van der Waals surface area contributed by atoms with Gasteiger partial charge in [-0.25, -0.2) is 0 Å². The molecular weight excluding hydrogens is 142 g/mol. The van der Waals surface area contributed by atoms with Gasteiger partial charge in [0, 0.05) is 13.0 Å². The number of carbonyl (C=O) groups is 1. The highest BCUT2D eigenvalue weighted by Gasteiger charge is 2.20. The summed E-state index contributed by atoms with van der Waals surface area (Å²) >= 11 is 0. The number of Topliss-reactive ketones (excluding diaryl/α,β-unsaturated/α-hetero) is 1. The molecule has 1 fully saturated rings. The SMILES string of the molecule is O=C1CCCNC1CCCO. The van der Waals surface area contributed by atoms with E-state index in [1.165, 1.54) is 0 Å². The van der Waals surface area contributed by atoms with Crippen LogP contribution in [0.4, 0.5) is 0 Å². The zero-order chi connectivity index (χ0) is 8.10. The molecule has 0 radical (unpaired) electrons. The summed E-state index contributed by atoms with van der Waals surface area (Å²) in [7, 11) is 0. The highest BCUT2D eigenvalue weighted by molar-refractivity contribution is 5.84. The summed E-state index contributed by atoms with van der Waals surface area (Å²) in [6, 6.07) is 0.0240. The molecule has 11 heavy (non-hydrogen) atoms. The van der Waals surface area contributed by atoms with Gasteiger partial charge < -0.3 is 10.4 Å². The quantitative estimate of drug-likeness (QED) is 0.610. The number of nitrogens with one attached hydrogen (secondary N) is 1. The van der Waals surface area contributed by atoms with Gasteiger partial charge in [-0.1, -0.05) is 0 Å². The first-order valence-electron chi connectivity index (χ1n) is 4.21. The lowest BCUT2D eigenvalue weighted by atomic mass is 9.99. The van der Waals surface area contributed by atoms with Crippen molar-refractivity contribution in [3.63, 3.8) is 0 Å². The normalized spacial score (nSPS) is 25.5. The van der Waals surface area contributed by atoms with E-state index in [2.05, 4.69) is 5.32 Å². The van der Waals surface area contributed by atoms with E-state index in [-0.39, 0.29) is 12.6 Å². The first kappa shape index (κ1) is 8.68. The minimum Gasteiger partial charge on any atom is -0.396 e. The average molecular weight is 157 g/mol. The van der Waals surface area contributed by atoms with Crippen LogP contribution in [0, 0.1) is 0 Å². The van der Waals surface area contributed by atoms with Crippen LogP contribution in [0.5, 0.6) is 0 Å². The molecule has 1 aliphatic heterocycles. The lowest BCUT2D eigenvalue weighted by Gasteiger charge is -2.21. The molecule has 1 aliphatic rings. The number of rotatable bonds is 3. The first-order chi connectivity index (χ1) is 5.34. The molecule has 0 aromatic rings. The Morgan fingerprint density at radius 2 is 2.45 bits per heavy atom. The monoisotopic (exact) mass is 157 g/mol. The predicted octanol–water partition coefficient (Wildman–Crippen LogP) is 0.0800. The maximum Gasteiger partial charge on any atom is 0.149 e. The van der Waals surface area contributed by atoms with Crippen LogP contribution in [-0.2, 0) is 4.79 Å². The van der Waals surface area contributed by atoms with Crippen molar-refractivity contribution in [2.75, 3.05) is 13.2 Å². The smallest absolute Gasteiger partial charge is 0.149 e. The van der Waals surface area contributed by atoms with Crippen molar-refractivity contribution in [2.24, 2.45) is 0 Å². The molecule has 3 nitrogen and oxygen atoms in total. The Morgan fingerprint density at radius 1 is 1.64 bits per heavy atom. The molecule has 0 aromatic heterocycles. The van der Waals surface area contributed by atoms with Crippen LogP contribution in [0.2, 0.25) is 0 Å². The fourth-order valence-corrected chi connectivity index (χ4v) is 1.39. The summed E-state index contributed by atoms with van der Waals surface area (Å²) in [6.07, 6.45) is 3.19. The van der Waals surface area contributed by atoms with Gasteiger partial charge in [0.25, 0.3) is 0 Å². The molecule has 1 heterocycles. The van der Waals surface area contributed by atoms with Crippen molar-refractivity contribution in [2.45, 2.75) is 31.7 Å². The minimum atomic E-state index is 0.0240. The van der Waals surface area contributed by atoms with Gasteiger partial charge in [-0.15, -0.1) is 0 Å². The molecule has 2 N–H and O–H groups in total. The van der Waals surface area contributed by atoms with Crippen molar-refractivity contribution in [1.29, 1.82) is 0 Å². The van der Waals surface area contributed by atoms with E-state index in [1.54, 1.807) is 0 Å². The summed E-state index contributed by atoms with van der Waals surface area (Å²) in [5.74, 6) is 0.310. The maximum absolute atomic E-state index is 11.2. The second-order valence-electron chi connectivity index (χ2n) is 2.94. The van der Waals surface area contributed by atoms with Crippen LogP contribution in [0.3, 0.4) is 0 Å². The first-order valence-corrected chi connectivity index (χ1v) is 4.21. The van der Waals surface area contributed by atoms with Crippen molar-refractivity contribution < 1.29 is 9.90 Å². The number of aliphatic hydroxyl groups is 1. The third kappa shape index (κ3) is 2.60. The lowest BCUT2D eigenvalue weighted by molar-refractivity contribution is -0.122. The lowest BCUT2D eigenvalue weighted by Crippen LogP contribution is -2.41. The van der Waals surface area contributed by atoms with E-state index >= 15 is 0 Å². The molecule has 0 bridgehead atoms. The van der Waals surface area contributed by atoms with Crippen LogP contribution in [0.15, 0.2) is 0 Å². The van der Waals surface area contributed by atoms with E-state index in [4.69, 9.17) is 5.11 Å². The predicted molar refractivity (Wildman–Crippen MR) is 42.4 cm³/mol. The standard InChI is InChI=1S/C8H15NO2/c10-6-2-3-7-8(11)4-1-5-9-7/h7,9-10H,1-6H2. The second kappa shape index (κ2) is 4.46. The Balaban J connectivity index is 2.24. The van der Waals surface area contributed by atoms with Crippen LogP contribution < -0.4 is 5.32 Å². The number of aliphatic hydroxyl groups excluding tert-OH is 1. The van der Waals surface area contributed by atoms with Gasteiger partial charge in [-0.2, -0.15) is 0 Å². The average Bonchev–Trinajstić information content (AvgIpc) is 2.03.